The first-order valence-corrected chi connectivity index (χ1v) is 14.0. The van der Waals surface area contributed by atoms with Gasteiger partial charge in [0.05, 0.1) is 16.8 Å². The number of hydrogen-bond donors (Lipinski definition) is 1. The van der Waals surface area contributed by atoms with Crippen LogP contribution < -0.4 is 10.9 Å². The number of carbonyl (C=O) groups excluding carboxylic acids is 1. The Balaban J connectivity index is 1.52. The van der Waals surface area contributed by atoms with Gasteiger partial charge in [-0.2, -0.15) is 0 Å². The lowest BCUT2D eigenvalue weighted by atomic mass is 9.97. The van der Waals surface area contributed by atoms with Crippen molar-refractivity contribution in [1.29, 1.82) is 0 Å². The molecule has 0 bridgehead atoms. The molecule has 5 nitrogen and oxygen atoms in total. The predicted molar refractivity (Wildman–Crippen MR) is 139 cm³/mol. The Morgan fingerprint density at radius 3 is 2.82 bits per heavy atom. The van der Waals surface area contributed by atoms with Crippen LogP contribution in [0.4, 0.5) is 10.1 Å². The summed E-state index contributed by atoms with van der Waals surface area (Å²) >= 11 is 4.28. The number of carbonyl (C=O) groups is 1. The van der Waals surface area contributed by atoms with Gasteiger partial charge in [0.25, 0.3) is 5.56 Å². The molecule has 0 atom stereocenters. The van der Waals surface area contributed by atoms with E-state index in [1.54, 1.807) is 41.3 Å². The summed E-state index contributed by atoms with van der Waals surface area (Å²) < 4.78 is 16.1. The van der Waals surface area contributed by atoms with Crippen molar-refractivity contribution in [2.24, 2.45) is 0 Å². The fourth-order valence-corrected chi connectivity index (χ4v) is 6.72. The van der Waals surface area contributed by atoms with Crippen LogP contribution in [0.1, 0.15) is 23.3 Å². The maximum atomic E-state index is 14.8. The molecule has 1 aliphatic rings. The van der Waals surface area contributed by atoms with Crippen LogP contribution >= 0.6 is 34.9 Å². The van der Waals surface area contributed by atoms with Crippen molar-refractivity contribution in [2.75, 3.05) is 17.3 Å². The second-order valence-corrected chi connectivity index (χ2v) is 10.9. The Hall–Kier alpha value is -2.62. The first-order valence-electron chi connectivity index (χ1n) is 10.9. The third-order valence-electron chi connectivity index (χ3n) is 5.74. The van der Waals surface area contributed by atoms with Gasteiger partial charge < -0.3 is 5.32 Å². The molecular formula is C25H22FN3O2S3. The van der Waals surface area contributed by atoms with Gasteiger partial charge >= 0.3 is 0 Å². The number of thiophene rings is 1. The minimum atomic E-state index is -0.505. The summed E-state index contributed by atoms with van der Waals surface area (Å²) in [5, 5.41) is 3.79. The topological polar surface area (TPSA) is 64.0 Å². The number of para-hydroxylation sites is 1. The molecule has 5 rings (SSSR count). The van der Waals surface area contributed by atoms with Gasteiger partial charge in [-0.15, -0.1) is 23.1 Å². The number of hydrogen-bond acceptors (Lipinski definition) is 6. The number of nitrogens with one attached hydrogen (secondary N) is 1. The lowest BCUT2D eigenvalue weighted by Crippen LogP contribution is -2.24. The van der Waals surface area contributed by atoms with Crippen molar-refractivity contribution in [3.63, 3.8) is 0 Å². The van der Waals surface area contributed by atoms with Crippen LogP contribution in [-0.2, 0) is 17.6 Å². The Labute approximate surface area is 208 Å². The van der Waals surface area contributed by atoms with Crippen LogP contribution in [0.2, 0.25) is 0 Å². The van der Waals surface area contributed by atoms with Crippen molar-refractivity contribution in [3.05, 3.63) is 75.1 Å². The van der Waals surface area contributed by atoms with Crippen molar-refractivity contribution in [1.82, 2.24) is 9.55 Å². The number of benzene rings is 2. The van der Waals surface area contributed by atoms with E-state index in [1.165, 1.54) is 15.5 Å². The number of aryl methyl sites for hydroxylation is 2. The lowest BCUT2D eigenvalue weighted by molar-refractivity contribution is -0.113. The summed E-state index contributed by atoms with van der Waals surface area (Å²) in [5.74, 6) is -0.681. The Kier molecular flexibility index (Phi) is 6.76. The molecule has 4 aromatic rings. The lowest BCUT2D eigenvalue weighted by Gasteiger charge is -2.14. The maximum Gasteiger partial charge on any atom is 0.267 e. The summed E-state index contributed by atoms with van der Waals surface area (Å²) in [6.45, 7) is 0. The van der Waals surface area contributed by atoms with Crippen molar-refractivity contribution >= 4 is 56.7 Å². The SMILES string of the molecule is CSc1cccc(NC(=O)CSc2nc3sc4c(c3c(=O)n2-c2ccccc2F)CCCC4)c1. The van der Waals surface area contributed by atoms with Gasteiger partial charge in [-0.05, 0) is 67.8 Å². The number of amides is 1. The molecule has 0 saturated heterocycles. The van der Waals surface area contributed by atoms with Crippen LogP contribution in [0.15, 0.2) is 63.4 Å². The van der Waals surface area contributed by atoms with E-state index in [0.717, 1.165) is 47.9 Å². The highest BCUT2D eigenvalue weighted by atomic mass is 32.2. The Morgan fingerprint density at radius 1 is 1.18 bits per heavy atom. The number of halogens is 1. The fraction of sp³-hybridized carbons (Fsp3) is 0.240. The van der Waals surface area contributed by atoms with Gasteiger partial charge in [0.1, 0.15) is 10.6 Å². The standard InChI is InChI=1S/C25H22FN3O2S3/c1-32-16-8-6-7-15(13-16)27-21(30)14-33-25-28-23-22(17-9-2-5-12-20(17)34-23)24(31)29(25)19-11-4-3-10-18(19)26/h3-4,6-8,10-11,13H,2,5,9,12,14H2,1H3,(H,27,30). The molecule has 1 N–H and O–H groups in total. The van der Waals surface area contributed by atoms with Crippen LogP contribution in [0.3, 0.4) is 0 Å². The minimum Gasteiger partial charge on any atom is -0.325 e. The Bertz CT molecular complexity index is 1450. The highest BCUT2D eigenvalue weighted by Crippen LogP contribution is 2.35. The summed E-state index contributed by atoms with van der Waals surface area (Å²) in [4.78, 5) is 34.0. The molecule has 9 heteroatoms. The molecular weight excluding hydrogens is 489 g/mol. The van der Waals surface area contributed by atoms with E-state index in [1.807, 2.05) is 30.5 Å². The Morgan fingerprint density at radius 2 is 2.00 bits per heavy atom. The van der Waals surface area contributed by atoms with E-state index >= 15 is 0 Å². The molecule has 0 fully saturated rings. The largest absolute Gasteiger partial charge is 0.325 e. The van der Waals surface area contributed by atoms with Gasteiger partial charge in [0.15, 0.2) is 5.16 Å². The van der Waals surface area contributed by atoms with Gasteiger partial charge in [-0.1, -0.05) is 30.0 Å². The van der Waals surface area contributed by atoms with Gasteiger partial charge in [-0.3, -0.25) is 14.2 Å². The number of anilines is 1. The molecule has 0 spiro atoms. The van der Waals surface area contributed by atoms with Crippen molar-refractivity contribution in [2.45, 2.75) is 35.7 Å². The molecule has 0 unspecified atom stereocenters. The molecule has 1 aliphatic carbocycles. The fourth-order valence-electron chi connectivity index (χ4n) is 4.16. The highest BCUT2D eigenvalue weighted by Gasteiger charge is 2.24. The average molecular weight is 512 g/mol. The van der Waals surface area contributed by atoms with Crippen molar-refractivity contribution in [3.8, 4) is 5.69 Å². The maximum absolute atomic E-state index is 14.8. The highest BCUT2D eigenvalue weighted by molar-refractivity contribution is 7.99. The zero-order valence-corrected chi connectivity index (χ0v) is 20.9. The first-order chi connectivity index (χ1) is 16.5. The average Bonchev–Trinajstić information content (AvgIpc) is 3.22. The van der Waals surface area contributed by atoms with Crippen LogP contribution in [-0.4, -0.2) is 27.5 Å². The van der Waals surface area contributed by atoms with Crippen molar-refractivity contribution < 1.29 is 9.18 Å². The number of thioether (sulfide) groups is 2. The van der Waals surface area contributed by atoms with Gasteiger partial charge in [-0.25, -0.2) is 9.37 Å². The molecule has 2 aromatic heterocycles. The molecule has 34 heavy (non-hydrogen) atoms. The quantitative estimate of drug-likeness (QED) is 0.257. The van der Waals surface area contributed by atoms with E-state index < -0.39 is 5.82 Å². The van der Waals surface area contributed by atoms with Gasteiger partial charge in [0, 0.05) is 15.5 Å². The molecule has 0 radical (unpaired) electrons. The molecule has 0 aliphatic heterocycles. The molecule has 1 amide bonds. The van der Waals surface area contributed by atoms with E-state index in [4.69, 9.17) is 4.98 Å². The molecule has 0 saturated carbocycles. The summed E-state index contributed by atoms with van der Waals surface area (Å²) in [5.41, 5.74) is 1.63. The van der Waals surface area contributed by atoms with E-state index in [0.29, 0.717) is 21.1 Å². The number of nitrogens with zero attached hydrogens (tertiary/aromatic N) is 2. The monoisotopic (exact) mass is 511 g/mol. The smallest absolute Gasteiger partial charge is 0.267 e. The third kappa shape index (κ3) is 4.52. The second kappa shape index (κ2) is 9.93. The van der Waals surface area contributed by atoms with E-state index in [9.17, 15) is 14.0 Å². The normalized spacial score (nSPS) is 13.1. The second-order valence-electron chi connectivity index (χ2n) is 7.95. The van der Waals surface area contributed by atoms with Crippen LogP contribution in [0.25, 0.3) is 15.9 Å². The van der Waals surface area contributed by atoms with Gasteiger partial charge in [0.2, 0.25) is 5.91 Å². The van der Waals surface area contributed by atoms with Crippen LogP contribution in [0.5, 0.6) is 0 Å². The predicted octanol–water partition coefficient (Wildman–Crippen LogP) is 5.92. The number of aromatic nitrogens is 2. The molecule has 2 aromatic carbocycles. The van der Waals surface area contributed by atoms with Crippen LogP contribution in [0, 0.1) is 5.82 Å². The molecule has 2 heterocycles. The third-order valence-corrected chi connectivity index (χ3v) is 8.59. The van der Waals surface area contributed by atoms with E-state index in [-0.39, 0.29) is 22.9 Å². The summed E-state index contributed by atoms with van der Waals surface area (Å²) in [6, 6.07) is 13.8. The zero-order chi connectivity index (χ0) is 23.7. The van der Waals surface area contributed by atoms with E-state index in [2.05, 4.69) is 5.32 Å². The molecule has 174 valence electrons. The minimum absolute atomic E-state index is 0.0426. The number of rotatable bonds is 6. The summed E-state index contributed by atoms with van der Waals surface area (Å²) in [6.07, 6.45) is 5.89. The zero-order valence-electron chi connectivity index (χ0n) is 18.5. The number of fused-ring (bicyclic) bond motifs is 3. The first kappa shape index (κ1) is 23.1. The summed E-state index contributed by atoms with van der Waals surface area (Å²) in [7, 11) is 0.